The van der Waals surface area contributed by atoms with E-state index in [2.05, 4.69) is 22.8 Å². The zero-order chi connectivity index (χ0) is 16.3. The van der Waals surface area contributed by atoms with Crippen molar-refractivity contribution in [2.45, 2.75) is 18.3 Å². The van der Waals surface area contributed by atoms with Crippen LogP contribution in [-0.4, -0.2) is 19.7 Å². The first-order valence-corrected chi connectivity index (χ1v) is 7.94. The standard InChI is InChI=1S/C18H19ClN2O2/c1-23-16-7-5-13(6-8-16)18(9-10-18)12-20-17(22)21-15-4-2-3-14(19)11-15/h2-8,11H,9-10,12H2,1H3,(H2,20,21,22). The third-order valence-corrected chi connectivity index (χ3v) is 4.46. The third-order valence-electron chi connectivity index (χ3n) is 4.23. The van der Waals surface area contributed by atoms with Gasteiger partial charge >= 0.3 is 6.03 Å². The summed E-state index contributed by atoms with van der Waals surface area (Å²) < 4.78 is 5.19. The van der Waals surface area contributed by atoms with Gasteiger partial charge in [0.2, 0.25) is 0 Å². The summed E-state index contributed by atoms with van der Waals surface area (Å²) in [6.07, 6.45) is 2.16. The highest BCUT2D eigenvalue weighted by atomic mass is 35.5. The zero-order valence-electron chi connectivity index (χ0n) is 12.9. The molecule has 0 saturated heterocycles. The minimum Gasteiger partial charge on any atom is -0.497 e. The topological polar surface area (TPSA) is 50.4 Å². The molecule has 0 spiro atoms. The van der Waals surface area contributed by atoms with E-state index in [0.29, 0.717) is 17.3 Å². The fourth-order valence-corrected chi connectivity index (χ4v) is 2.84. The number of hydrogen-bond donors (Lipinski definition) is 2. The summed E-state index contributed by atoms with van der Waals surface area (Å²) in [5.74, 6) is 0.844. The van der Waals surface area contributed by atoms with Gasteiger partial charge in [0.1, 0.15) is 5.75 Å². The van der Waals surface area contributed by atoms with Gasteiger partial charge < -0.3 is 15.4 Å². The molecule has 5 heteroatoms. The highest BCUT2D eigenvalue weighted by Gasteiger charge is 2.44. The summed E-state index contributed by atoms with van der Waals surface area (Å²) in [5.41, 5.74) is 1.98. The van der Waals surface area contributed by atoms with Gasteiger partial charge in [-0.15, -0.1) is 0 Å². The molecule has 1 aliphatic carbocycles. The van der Waals surface area contributed by atoms with Gasteiger partial charge in [0.25, 0.3) is 0 Å². The Morgan fingerprint density at radius 1 is 1.22 bits per heavy atom. The molecular weight excluding hydrogens is 312 g/mol. The summed E-state index contributed by atoms with van der Waals surface area (Å²) in [4.78, 5) is 12.0. The molecule has 0 heterocycles. The molecule has 0 aromatic heterocycles. The number of carbonyl (C=O) groups is 1. The maximum Gasteiger partial charge on any atom is 0.319 e. The zero-order valence-corrected chi connectivity index (χ0v) is 13.7. The molecule has 0 atom stereocenters. The molecule has 23 heavy (non-hydrogen) atoms. The van der Waals surface area contributed by atoms with Gasteiger partial charge in [-0.1, -0.05) is 29.8 Å². The van der Waals surface area contributed by atoms with Gasteiger partial charge in [0, 0.05) is 22.7 Å². The van der Waals surface area contributed by atoms with Crippen molar-refractivity contribution in [3.63, 3.8) is 0 Å². The van der Waals surface area contributed by atoms with Crippen LogP contribution >= 0.6 is 11.6 Å². The van der Waals surface area contributed by atoms with E-state index in [1.165, 1.54) is 5.56 Å². The first-order chi connectivity index (χ1) is 11.1. The predicted molar refractivity (Wildman–Crippen MR) is 92.4 cm³/mol. The first-order valence-electron chi connectivity index (χ1n) is 7.56. The van der Waals surface area contributed by atoms with E-state index in [0.717, 1.165) is 18.6 Å². The molecule has 0 radical (unpaired) electrons. The Labute approximate surface area is 140 Å². The van der Waals surface area contributed by atoms with E-state index in [1.807, 2.05) is 18.2 Å². The Kier molecular flexibility index (Phi) is 4.44. The number of carbonyl (C=O) groups excluding carboxylic acids is 1. The van der Waals surface area contributed by atoms with E-state index in [9.17, 15) is 4.79 Å². The summed E-state index contributed by atoms with van der Waals surface area (Å²) in [6.45, 7) is 0.617. The number of rotatable bonds is 5. The number of amides is 2. The number of urea groups is 1. The lowest BCUT2D eigenvalue weighted by Crippen LogP contribution is -2.35. The number of nitrogens with one attached hydrogen (secondary N) is 2. The average Bonchev–Trinajstić information content (AvgIpc) is 3.34. The summed E-state index contributed by atoms with van der Waals surface area (Å²) in [7, 11) is 1.66. The van der Waals surface area contributed by atoms with Gasteiger partial charge in [-0.3, -0.25) is 0 Å². The van der Waals surface area contributed by atoms with E-state index in [1.54, 1.807) is 25.3 Å². The Morgan fingerprint density at radius 2 is 1.96 bits per heavy atom. The molecule has 2 aromatic carbocycles. The second-order valence-corrected chi connectivity index (χ2v) is 6.26. The number of halogens is 1. The molecule has 0 bridgehead atoms. The van der Waals surface area contributed by atoms with Crippen LogP contribution in [0.2, 0.25) is 5.02 Å². The fourth-order valence-electron chi connectivity index (χ4n) is 2.65. The minimum absolute atomic E-state index is 0.0535. The number of methoxy groups -OCH3 is 1. The van der Waals surface area contributed by atoms with E-state index in [4.69, 9.17) is 16.3 Å². The van der Waals surface area contributed by atoms with Gasteiger partial charge in [-0.05, 0) is 48.7 Å². The molecule has 1 fully saturated rings. The van der Waals surface area contributed by atoms with Crippen LogP contribution in [0, 0.1) is 0 Å². The van der Waals surface area contributed by atoms with Crippen LogP contribution in [0.25, 0.3) is 0 Å². The van der Waals surface area contributed by atoms with Crippen LogP contribution in [0.3, 0.4) is 0 Å². The number of ether oxygens (including phenoxy) is 1. The Morgan fingerprint density at radius 3 is 2.57 bits per heavy atom. The van der Waals surface area contributed by atoms with E-state index in [-0.39, 0.29) is 11.4 Å². The highest BCUT2D eigenvalue weighted by molar-refractivity contribution is 6.30. The smallest absolute Gasteiger partial charge is 0.319 e. The Hall–Kier alpha value is -2.20. The lowest BCUT2D eigenvalue weighted by molar-refractivity contribution is 0.251. The lowest BCUT2D eigenvalue weighted by atomic mass is 9.96. The first kappa shape index (κ1) is 15.7. The maximum absolute atomic E-state index is 12.0. The number of hydrogen-bond acceptors (Lipinski definition) is 2. The molecule has 4 nitrogen and oxygen atoms in total. The summed E-state index contributed by atoms with van der Waals surface area (Å²) in [6, 6.07) is 14.9. The van der Waals surface area contributed by atoms with Gasteiger partial charge in [0.05, 0.1) is 7.11 Å². The maximum atomic E-state index is 12.0. The van der Waals surface area contributed by atoms with Crippen LogP contribution in [-0.2, 0) is 5.41 Å². The summed E-state index contributed by atoms with van der Waals surface area (Å²) in [5, 5.41) is 6.35. The normalized spacial score (nSPS) is 14.9. The molecule has 3 rings (SSSR count). The lowest BCUT2D eigenvalue weighted by Gasteiger charge is -2.17. The highest BCUT2D eigenvalue weighted by Crippen LogP contribution is 2.47. The summed E-state index contributed by atoms with van der Waals surface area (Å²) >= 11 is 5.91. The molecule has 0 aliphatic heterocycles. The molecular formula is C18H19ClN2O2. The van der Waals surface area contributed by atoms with E-state index >= 15 is 0 Å². The van der Waals surface area contributed by atoms with Crippen molar-refractivity contribution >= 4 is 23.3 Å². The van der Waals surface area contributed by atoms with Gasteiger partial charge in [-0.25, -0.2) is 4.79 Å². The molecule has 2 N–H and O–H groups in total. The molecule has 1 saturated carbocycles. The van der Waals surface area contributed by atoms with Crippen molar-refractivity contribution in [3.05, 3.63) is 59.1 Å². The number of anilines is 1. The van der Waals surface area contributed by atoms with Crippen LogP contribution in [0.4, 0.5) is 10.5 Å². The van der Waals surface area contributed by atoms with Crippen molar-refractivity contribution < 1.29 is 9.53 Å². The van der Waals surface area contributed by atoms with E-state index < -0.39 is 0 Å². The van der Waals surface area contributed by atoms with Crippen LogP contribution < -0.4 is 15.4 Å². The third kappa shape index (κ3) is 3.77. The molecule has 120 valence electrons. The van der Waals surface area contributed by atoms with Crippen molar-refractivity contribution in [3.8, 4) is 5.75 Å². The minimum atomic E-state index is -0.216. The Bertz CT molecular complexity index is 696. The van der Waals surface area contributed by atoms with Gasteiger partial charge in [0.15, 0.2) is 0 Å². The SMILES string of the molecule is COc1ccc(C2(CNC(=O)Nc3cccc(Cl)c3)CC2)cc1. The molecule has 2 amide bonds. The quantitative estimate of drug-likeness (QED) is 0.863. The second-order valence-electron chi connectivity index (χ2n) is 5.83. The van der Waals surface area contributed by atoms with Crippen LogP contribution in [0.15, 0.2) is 48.5 Å². The molecule has 1 aliphatic rings. The van der Waals surface area contributed by atoms with Crippen molar-refractivity contribution in [2.75, 3.05) is 19.0 Å². The van der Waals surface area contributed by atoms with Crippen molar-refractivity contribution in [2.24, 2.45) is 0 Å². The number of benzene rings is 2. The predicted octanol–water partition coefficient (Wildman–Crippen LogP) is 4.20. The largest absolute Gasteiger partial charge is 0.497 e. The average molecular weight is 331 g/mol. The fraction of sp³-hybridized carbons (Fsp3) is 0.278. The molecule has 2 aromatic rings. The van der Waals surface area contributed by atoms with Crippen LogP contribution in [0.1, 0.15) is 18.4 Å². The van der Waals surface area contributed by atoms with Crippen molar-refractivity contribution in [1.82, 2.24) is 5.32 Å². The van der Waals surface area contributed by atoms with Crippen molar-refractivity contribution in [1.29, 1.82) is 0 Å². The second kappa shape index (κ2) is 6.50. The monoisotopic (exact) mass is 330 g/mol. The van der Waals surface area contributed by atoms with Crippen LogP contribution in [0.5, 0.6) is 5.75 Å². The van der Waals surface area contributed by atoms with Gasteiger partial charge in [-0.2, -0.15) is 0 Å². The Balaban J connectivity index is 1.57. The molecule has 0 unspecified atom stereocenters.